The topological polar surface area (TPSA) is 63.7 Å². The van der Waals surface area contributed by atoms with Crippen LogP contribution in [0.5, 0.6) is 0 Å². The number of carbonyl (C=O) groups excluding carboxylic acids is 3. The van der Waals surface area contributed by atoms with Crippen LogP contribution in [-0.2, 0) is 16.0 Å². The Bertz CT molecular complexity index is 1140. The van der Waals surface area contributed by atoms with Crippen LogP contribution in [0.4, 0.5) is 5.69 Å². The Morgan fingerprint density at radius 2 is 1.48 bits per heavy atom. The van der Waals surface area contributed by atoms with E-state index < -0.39 is 12.1 Å². The first-order valence-corrected chi connectivity index (χ1v) is 10.3. The third kappa shape index (κ3) is 3.99. The van der Waals surface area contributed by atoms with Gasteiger partial charge in [0.2, 0.25) is 0 Å². The van der Waals surface area contributed by atoms with Crippen molar-refractivity contribution in [2.24, 2.45) is 0 Å². The number of carbonyl (C=O) groups is 3. The number of nitrogens with zero attached hydrogens (tertiary/aromatic N) is 1. The first-order valence-electron chi connectivity index (χ1n) is 10.3. The number of benzene rings is 3. The summed E-state index contributed by atoms with van der Waals surface area (Å²) in [6, 6.07) is 23.0. The maximum Gasteiger partial charge on any atom is 0.339 e. The second-order valence-corrected chi connectivity index (χ2v) is 7.68. The van der Waals surface area contributed by atoms with E-state index in [1.54, 1.807) is 60.4 Å². The Hall–Kier alpha value is -3.73. The highest BCUT2D eigenvalue weighted by atomic mass is 16.5. The fraction of sp³-hybridized carbons (Fsp3) is 0.192. The molecular weight excluding hydrogens is 390 g/mol. The number of para-hydroxylation sites is 1. The van der Waals surface area contributed by atoms with Gasteiger partial charge in [0.1, 0.15) is 0 Å². The molecular formula is C26H23NO4. The fourth-order valence-corrected chi connectivity index (χ4v) is 3.98. The maximum absolute atomic E-state index is 13.1. The summed E-state index contributed by atoms with van der Waals surface area (Å²) in [4.78, 5) is 40.6. The molecule has 5 heteroatoms. The molecule has 0 spiro atoms. The van der Waals surface area contributed by atoms with Gasteiger partial charge in [0.15, 0.2) is 11.9 Å². The SMILES string of the molecule is C[C@@H](OC(=O)c1ccccc1C(=O)c1ccccc1)C(=O)N1c2ccccc2C[C@@H]1C. The van der Waals surface area contributed by atoms with Gasteiger partial charge in [0.05, 0.1) is 5.56 Å². The summed E-state index contributed by atoms with van der Waals surface area (Å²) in [5.41, 5.74) is 2.82. The van der Waals surface area contributed by atoms with Gasteiger partial charge in [-0.1, -0.05) is 66.7 Å². The zero-order valence-corrected chi connectivity index (χ0v) is 17.4. The lowest BCUT2D eigenvalue weighted by atomic mass is 9.98. The highest BCUT2D eigenvalue weighted by Gasteiger charge is 2.35. The molecule has 1 heterocycles. The smallest absolute Gasteiger partial charge is 0.339 e. The van der Waals surface area contributed by atoms with Gasteiger partial charge in [0.25, 0.3) is 5.91 Å². The molecule has 1 aliphatic rings. The number of ketones is 1. The Morgan fingerprint density at radius 1 is 0.871 bits per heavy atom. The van der Waals surface area contributed by atoms with Crippen LogP contribution in [0.2, 0.25) is 0 Å². The van der Waals surface area contributed by atoms with Crippen molar-refractivity contribution in [3.05, 3.63) is 101 Å². The highest BCUT2D eigenvalue weighted by Crippen LogP contribution is 2.32. The van der Waals surface area contributed by atoms with E-state index in [2.05, 4.69) is 0 Å². The number of fused-ring (bicyclic) bond motifs is 1. The van der Waals surface area contributed by atoms with Crippen LogP contribution >= 0.6 is 0 Å². The molecule has 1 amide bonds. The summed E-state index contributed by atoms with van der Waals surface area (Å²) in [5, 5.41) is 0. The van der Waals surface area contributed by atoms with Gasteiger partial charge in [-0.3, -0.25) is 9.59 Å². The quantitative estimate of drug-likeness (QED) is 0.458. The summed E-state index contributed by atoms with van der Waals surface area (Å²) in [6.07, 6.45) is -0.224. The molecule has 0 bridgehead atoms. The third-order valence-electron chi connectivity index (χ3n) is 5.50. The second kappa shape index (κ2) is 8.56. The summed E-state index contributed by atoms with van der Waals surface area (Å²) < 4.78 is 5.52. The standard InChI is InChI=1S/C26H23NO4/c1-17-16-20-12-6-9-15-23(20)27(17)25(29)18(2)31-26(30)22-14-8-7-13-21(22)24(28)19-10-4-3-5-11-19/h3-15,17-18H,16H2,1-2H3/t17-,18+/m0/s1. The molecule has 3 aromatic carbocycles. The average molecular weight is 413 g/mol. The van der Waals surface area contributed by atoms with E-state index in [-0.39, 0.29) is 28.9 Å². The lowest BCUT2D eigenvalue weighted by Crippen LogP contribution is -2.43. The summed E-state index contributed by atoms with van der Waals surface area (Å²) in [5.74, 6) is -1.24. The van der Waals surface area contributed by atoms with Gasteiger partial charge in [-0.2, -0.15) is 0 Å². The highest BCUT2D eigenvalue weighted by molar-refractivity contribution is 6.14. The number of hydrogen-bond acceptors (Lipinski definition) is 4. The molecule has 0 radical (unpaired) electrons. The van der Waals surface area contributed by atoms with Crippen molar-refractivity contribution >= 4 is 23.3 Å². The molecule has 0 aromatic heterocycles. The zero-order chi connectivity index (χ0) is 22.0. The van der Waals surface area contributed by atoms with Crippen LogP contribution in [0, 0.1) is 0 Å². The van der Waals surface area contributed by atoms with Crippen molar-refractivity contribution < 1.29 is 19.1 Å². The molecule has 31 heavy (non-hydrogen) atoms. The van der Waals surface area contributed by atoms with E-state index in [9.17, 15) is 14.4 Å². The van der Waals surface area contributed by atoms with E-state index in [0.717, 1.165) is 17.7 Å². The normalized spacial score (nSPS) is 15.8. The molecule has 4 rings (SSSR count). The molecule has 0 unspecified atom stereocenters. The van der Waals surface area contributed by atoms with Gasteiger partial charge in [-0.15, -0.1) is 0 Å². The summed E-state index contributed by atoms with van der Waals surface area (Å²) in [6.45, 7) is 3.54. The molecule has 1 aliphatic heterocycles. The Labute approximate surface area is 181 Å². The second-order valence-electron chi connectivity index (χ2n) is 7.68. The van der Waals surface area contributed by atoms with Crippen molar-refractivity contribution in [2.75, 3.05) is 4.90 Å². The molecule has 3 aromatic rings. The van der Waals surface area contributed by atoms with E-state index in [0.29, 0.717) is 5.56 Å². The largest absolute Gasteiger partial charge is 0.449 e. The third-order valence-corrected chi connectivity index (χ3v) is 5.50. The summed E-state index contributed by atoms with van der Waals surface area (Å²) >= 11 is 0. The Morgan fingerprint density at radius 3 is 2.23 bits per heavy atom. The first-order chi connectivity index (χ1) is 15.0. The number of ether oxygens (including phenoxy) is 1. The molecule has 156 valence electrons. The lowest BCUT2D eigenvalue weighted by molar-refractivity contribution is -0.126. The predicted octanol–water partition coefficient (Wildman–Crippen LogP) is 4.44. The minimum absolute atomic E-state index is 0.0157. The van der Waals surface area contributed by atoms with Gasteiger partial charge >= 0.3 is 5.97 Å². The molecule has 5 nitrogen and oxygen atoms in total. The molecule has 0 aliphatic carbocycles. The number of amides is 1. The number of rotatable bonds is 5. The van der Waals surface area contributed by atoms with Crippen LogP contribution < -0.4 is 4.90 Å². The fourth-order valence-electron chi connectivity index (χ4n) is 3.98. The van der Waals surface area contributed by atoms with Crippen molar-refractivity contribution in [1.29, 1.82) is 0 Å². The van der Waals surface area contributed by atoms with Crippen molar-refractivity contribution in [1.82, 2.24) is 0 Å². The Kier molecular flexibility index (Phi) is 5.67. The van der Waals surface area contributed by atoms with Crippen LogP contribution in [0.1, 0.15) is 45.7 Å². The number of esters is 1. The predicted molar refractivity (Wildman–Crippen MR) is 118 cm³/mol. The van der Waals surface area contributed by atoms with Gasteiger partial charge in [-0.25, -0.2) is 4.79 Å². The molecule has 0 saturated carbocycles. The van der Waals surface area contributed by atoms with Crippen molar-refractivity contribution in [3.63, 3.8) is 0 Å². The van der Waals surface area contributed by atoms with Crippen molar-refractivity contribution in [3.8, 4) is 0 Å². The summed E-state index contributed by atoms with van der Waals surface area (Å²) in [7, 11) is 0. The average Bonchev–Trinajstić information content (AvgIpc) is 3.14. The van der Waals surface area contributed by atoms with Crippen LogP contribution in [-0.4, -0.2) is 29.8 Å². The molecule has 0 fully saturated rings. The monoisotopic (exact) mass is 413 g/mol. The minimum atomic E-state index is -0.985. The molecule has 2 atom stereocenters. The maximum atomic E-state index is 13.1. The minimum Gasteiger partial charge on any atom is -0.449 e. The number of hydrogen-bond donors (Lipinski definition) is 0. The van der Waals surface area contributed by atoms with Gasteiger partial charge < -0.3 is 9.64 Å². The van der Waals surface area contributed by atoms with E-state index in [1.165, 1.54) is 0 Å². The van der Waals surface area contributed by atoms with Gasteiger partial charge in [-0.05, 0) is 38.0 Å². The van der Waals surface area contributed by atoms with Gasteiger partial charge in [0, 0.05) is 22.9 Å². The Balaban J connectivity index is 1.54. The zero-order valence-electron chi connectivity index (χ0n) is 17.4. The van der Waals surface area contributed by atoms with Crippen LogP contribution in [0.25, 0.3) is 0 Å². The van der Waals surface area contributed by atoms with Crippen LogP contribution in [0.15, 0.2) is 78.9 Å². The van der Waals surface area contributed by atoms with Crippen LogP contribution in [0.3, 0.4) is 0 Å². The first kappa shape index (κ1) is 20.5. The lowest BCUT2D eigenvalue weighted by Gasteiger charge is -2.26. The molecule has 0 N–H and O–H groups in total. The van der Waals surface area contributed by atoms with E-state index >= 15 is 0 Å². The van der Waals surface area contributed by atoms with E-state index in [4.69, 9.17) is 4.74 Å². The van der Waals surface area contributed by atoms with E-state index in [1.807, 2.05) is 37.3 Å². The molecule has 0 saturated heterocycles. The van der Waals surface area contributed by atoms with Crippen molar-refractivity contribution in [2.45, 2.75) is 32.4 Å². The number of anilines is 1.